The summed E-state index contributed by atoms with van der Waals surface area (Å²) in [5.41, 5.74) is 2.00. The van der Waals surface area contributed by atoms with Crippen LogP contribution in [0.4, 0.5) is 20.3 Å². The van der Waals surface area contributed by atoms with Gasteiger partial charge in [0.2, 0.25) is 0 Å². The minimum Gasteiger partial charge on any atom is -0.503 e. The predicted octanol–water partition coefficient (Wildman–Crippen LogP) is 3.13. The van der Waals surface area contributed by atoms with Gasteiger partial charge in [0.1, 0.15) is 5.82 Å². The number of nitrogens with one attached hydrogen (secondary N) is 1. The molecule has 0 radical (unpaired) electrons. The average Bonchev–Trinajstić information content (AvgIpc) is 3.19. The summed E-state index contributed by atoms with van der Waals surface area (Å²) in [4.78, 5) is 13.4. The number of hydrogen-bond donors (Lipinski definition) is 2. The molecule has 2 atom stereocenters. The molecule has 0 saturated carbocycles. The minimum absolute atomic E-state index is 0.189. The van der Waals surface area contributed by atoms with Gasteiger partial charge in [0, 0.05) is 48.1 Å². The van der Waals surface area contributed by atoms with Crippen LogP contribution in [0.3, 0.4) is 0 Å². The standard InChI is InChI=1S/C24H25F2N5O2/c1-33-24-28-18-12-30(21-16-5-3-2-4-15(16)19(25)22(32)20(21)26)9-8-17(18)23(29-24)31-10-13-6-7-14(11-31)27-13/h2-5,13-14,27,32H,6-12H2,1H3. The molecule has 172 valence electrons. The summed E-state index contributed by atoms with van der Waals surface area (Å²) in [5, 5.41) is 14.4. The third-order valence-electron chi connectivity index (χ3n) is 7.08. The van der Waals surface area contributed by atoms with Gasteiger partial charge in [-0.25, -0.2) is 8.78 Å². The van der Waals surface area contributed by atoms with E-state index in [1.807, 2.05) is 4.90 Å². The molecule has 2 fully saturated rings. The predicted molar refractivity (Wildman–Crippen MR) is 121 cm³/mol. The lowest BCUT2D eigenvalue weighted by atomic mass is 10.0. The Bertz CT molecular complexity index is 1240. The molecule has 0 spiro atoms. The lowest BCUT2D eigenvalue weighted by Crippen LogP contribution is -2.52. The first kappa shape index (κ1) is 20.4. The van der Waals surface area contributed by atoms with Gasteiger partial charge < -0.3 is 25.0 Å². The first-order valence-corrected chi connectivity index (χ1v) is 11.3. The highest BCUT2D eigenvalue weighted by atomic mass is 19.1. The van der Waals surface area contributed by atoms with E-state index >= 15 is 4.39 Å². The van der Waals surface area contributed by atoms with Crippen LogP contribution in [-0.2, 0) is 13.0 Å². The summed E-state index contributed by atoms with van der Waals surface area (Å²) in [5.74, 6) is -1.95. The van der Waals surface area contributed by atoms with Crippen LogP contribution >= 0.6 is 0 Å². The molecule has 2 aromatic carbocycles. The highest BCUT2D eigenvalue weighted by molar-refractivity contribution is 5.96. The van der Waals surface area contributed by atoms with Crippen molar-refractivity contribution in [2.24, 2.45) is 0 Å². The van der Waals surface area contributed by atoms with Crippen molar-refractivity contribution in [3.63, 3.8) is 0 Å². The molecule has 2 bridgehead atoms. The number of phenols is 1. The topological polar surface area (TPSA) is 73.8 Å². The molecule has 3 aliphatic rings. The fraction of sp³-hybridized carbons (Fsp3) is 0.417. The number of ether oxygens (including phenoxy) is 1. The van der Waals surface area contributed by atoms with Gasteiger partial charge in [0.25, 0.3) is 0 Å². The van der Waals surface area contributed by atoms with Crippen LogP contribution in [0.1, 0.15) is 24.1 Å². The maximum absolute atomic E-state index is 15.2. The van der Waals surface area contributed by atoms with Crippen molar-refractivity contribution < 1.29 is 18.6 Å². The Kier molecular flexibility index (Phi) is 4.76. The van der Waals surface area contributed by atoms with Gasteiger partial charge in [-0.05, 0) is 19.3 Å². The molecule has 9 heteroatoms. The molecule has 3 aliphatic heterocycles. The summed E-state index contributed by atoms with van der Waals surface area (Å²) >= 11 is 0. The number of piperazine rings is 1. The van der Waals surface area contributed by atoms with E-state index in [1.165, 1.54) is 12.8 Å². The van der Waals surface area contributed by atoms with Crippen molar-refractivity contribution in [1.82, 2.24) is 15.3 Å². The molecule has 1 aromatic heterocycles. The first-order chi connectivity index (χ1) is 16.0. The maximum Gasteiger partial charge on any atom is 0.318 e. The molecule has 3 aromatic rings. The third-order valence-corrected chi connectivity index (χ3v) is 7.08. The second kappa shape index (κ2) is 7.69. The maximum atomic E-state index is 15.2. The SMILES string of the molecule is COc1nc2c(c(N3CC4CCC(C3)N4)n1)CCN(c1c(F)c(O)c(F)c3ccccc13)C2. The van der Waals surface area contributed by atoms with Crippen molar-refractivity contribution in [2.75, 3.05) is 36.5 Å². The van der Waals surface area contributed by atoms with E-state index < -0.39 is 17.4 Å². The fourth-order valence-corrected chi connectivity index (χ4v) is 5.55. The van der Waals surface area contributed by atoms with Gasteiger partial charge in [-0.1, -0.05) is 24.3 Å². The average molecular weight is 453 g/mol. The fourth-order valence-electron chi connectivity index (χ4n) is 5.55. The number of aromatic hydroxyl groups is 1. The van der Waals surface area contributed by atoms with E-state index in [4.69, 9.17) is 9.72 Å². The van der Waals surface area contributed by atoms with Crippen molar-refractivity contribution >= 4 is 22.3 Å². The van der Waals surface area contributed by atoms with E-state index in [9.17, 15) is 9.50 Å². The second-order valence-corrected chi connectivity index (χ2v) is 9.04. The van der Waals surface area contributed by atoms with E-state index in [0.29, 0.717) is 37.0 Å². The second-order valence-electron chi connectivity index (χ2n) is 9.04. The Labute approximate surface area is 190 Å². The number of rotatable bonds is 3. The molecule has 2 saturated heterocycles. The Balaban J connectivity index is 1.42. The highest BCUT2D eigenvalue weighted by Crippen LogP contribution is 2.41. The molecule has 0 aliphatic carbocycles. The molecule has 7 nitrogen and oxygen atoms in total. The normalized spacial score (nSPS) is 22.0. The van der Waals surface area contributed by atoms with Gasteiger partial charge >= 0.3 is 6.01 Å². The third kappa shape index (κ3) is 3.25. The van der Waals surface area contributed by atoms with Gasteiger partial charge in [-0.3, -0.25) is 0 Å². The quantitative estimate of drug-likeness (QED) is 0.631. The van der Waals surface area contributed by atoms with E-state index in [0.717, 1.165) is 30.2 Å². The van der Waals surface area contributed by atoms with Gasteiger partial charge in [0.05, 0.1) is 25.0 Å². The number of nitrogens with zero attached hydrogens (tertiary/aromatic N) is 4. The zero-order valence-corrected chi connectivity index (χ0v) is 18.3. The molecule has 2 N–H and O–H groups in total. The zero-order chi connectivity index (χ0) is 22.7. The Hall–Kier alpha value is -3.20. The van der Waals surface area contributed by atoms with Crippen LogP contribution in [0.2, 0.25) is 0 Å². The van der Waals surface area contributed by atoms with Crippen molar-refractivity contribution in [2.45, 2.75) is 37.9 Å². The van der Waals surface area contributed by atoms with E-state index in [1.54, 1.807) is 31.4 Å². The summed E-state index contributed by atoms with van der Waals surface area (Å²) in [6.07, 6.45) is 2.94. The number of fused-ring (bicyclic) bond motifs is 4. The summed E-state index contributed by atoms with van der Waals surface area (Å²) in [7, 11) is 1.54. The molecule has 4 heterocycles. The number of anilines is 2. The number of hydrogen-bond acceptors (Lipinski definition) is 7. The van der Waals surface area contributed by atoms with Crippen LogP contribution in [-0.4, -0.2) is 53.9 Å². The largest absolute Gasteiger partial charge is 0.503 e. The Morgan fingerprint density at radius 1 is 1.03 bits per heavy atom. The number of phenolic OH excluding ortho intramolecular Hbond substituents is 1. The van der Waals surface area contributed by atoms with Crippen LogP contribution in [0.15, 0.2) is 24.3 Å². The number of benzene rings is 2. The number of aromatic nitrogens is 2. The number of methoxy groups -OCH3 is 1. The zero-order valence-electron chi connectivity index (χ0n) is 18.3. The molecule has 0 amide bonds. The van der Waals surface area contributed by atoms with Crippen molar-refractivity contribution in [1.29, 1.82) is 0 Å². The molecular weight excluding hydrogens is 428 g/mol. The lowest BCUT2D eigenvalue weighted by molar-refractivity contribution is 0.374. The van der Waals surface area contributed by atoms with Crippen LogP contribution in [0, 0.1) is 11.6 Å². The lowest BCUT2D eigenvalue weighted by Gasteiger charge is -2.37. The van der Waals surface area contributed by atoms with Crippen molar-refractivity contribution in [3.8, 4) is 11.8 Å². The van der Waals surface area contributed by atoms with E-state index in [-0.39, 0.29) is 17.1 Å². The Morgan fingerprint density at radius 3 is 2.48 bits per heavy atom. The van der Waals surface area contributed by atoms with Crippen LogP contribution in [0.5, 0.6) is 11.8 Å². The summed E-state index contributed by atoms with van der Waals surface area (Å²) in [6, 6.07) is 7.83. The molecule has 2 unspecified atom stereocenters. The highest BCUT2D eigenvalue weighted by Gasteiger charge is 2.36. The molecule has 6 rings (SSSR count). The van der Waals surface area contributed by atoms with Crippen LogP contribution in [0.25, 0.3) is 10.8 Å². The van der Waals surface area contributed by atoms with E-state index in [2.05, 4.69) is 15.2 Å². The van der Waals surface area contributed by atoms with Gasteiger partial charge in [-0.2, -0.15) is 9.97 Å². The smallest absolute Gasteiger partial charge is 0.318 e. The van der Waals surface area contributed by atoms with Gasteiger partial charge in [-0.15, -0.1) is 0 Å². The molecule has 33 heavy (non-hydrogen) atoms. The monoisotopic (exact) mass is 453 g/mol. The summed E-state index contributed by atoms with van der Waals surface area (Å²) in [6.45, 7) is 2.59. The first-order valence-electron chi connectivity index (χ1n) is 11.3. The summed E-state index contributed by atoms with van der Waals surface area (Å²) < 4.78 is 35.1. The van der Waals surface area contributed by atoms with Crippen LogP contribution < -0.4 is 19.9 Å². The Morgan fingerprint density at radius 2 is 1.76 bits per heavy atom. The molecular formula is C24H25F2N5O2. The number of halogens is 2. The van der Waals surface area contributed by atoms with Gasteiger partial charge in [0.15, 0.2) is 17.4 Å². The van der Waals surface area contributed by atoms with Crippen molar-refractivity contribution in [3.05, 3.63) is 47.2 Å². The minimum atomic E-state index is -0.952.